The number of halogens is 1. The van der Waals surface area contributed by atoms with E-state index in [1.807, 2.05) is 20.8 Å². The second kappa shape index (κ2) is 6.16. The van der Waals surface area contributed by atoms with E-state index in [0.717, 1.165) is 6.54 Å². The fourth-order valence-electron chi connectivity index (χ4n) is 1.92. The van der Waals surface area contributed by atoms with Crippen LogP contribution >= 0.6 is 0 Å². The third-order valence-electron chi connectivity index (χ3n) is 3.15. The summed E-state index contributed by atoms with van der Waals surface area (Å²) in [6.45, 7) is 6.59. The van der Waals surface area contributed by atoms with Gasteiger partial charge in [0.15, 0.2) is 0 Å². The molecule has 0 aromatic heterocycles. The maximum Gasteiger partial charge on any atom is 0.131 e. The maximum absolute atomic E-state index is 14.1. The quantitative estimate of drug-likeness (QED) is 0.847. The molecule has 18 heavy (non-hydrogen) atoms. The van der Waals surface area contributed by atoms with E-state index in [2.05, 4.69) is 5.32 Å². The summed E-state index contributed by atoms with van der Waals surface area (Å²) in [5.41, 5.74) is 0.0929. The van der Waals surface area contributed by atoms with Crippen molar-refractivity contribution in [2.24, 2.45) is 0 Å². The first-order valence-corrected chi connectivity index (χ1v) is 6.08. The van der Waals surface area contributed by atoms with E-state index in [1.165, 1.54) is 13.2 Å². The highest BCUT2D eigenvalue weighted by molar-refractivity contribution is 5.32. The number of ether oxygens (including phenoxy) is 2. The maximum atomic E-state index is 14.1. The van der Waals surface area contributed by atoms with Gasteiger partial charge in [0.25, 0.3) is 0 Å². The molecule has 0 amide bonds. The zero-order valence-corrected chi connectivity index (χ0v) is 11.7. The van der Waals surface area contributed by atoms with Crippen LogP contribution in [-0.2, 0) is 4.74 Å². The first-order valence-electron chi connectivity index (χ1n) is 6.08. The lowest BCUT2D eigenvalue weighted by atomic mass is 9.91. The van der Waals surface area contributed by atoms with Crippen LogP contribution in [-0.4, -0.2) is 26.4 Å². The molecule has 0 aliphatic carbocycles. The van der Waals surface area contributed by atoms with E-state index in [0.29, 0.717) is 11.3 Å². The highest BCUT2D eigenvalue weighted by Crippen LogP contribution is 2.31. The van der Waals surface area contributed by atoms with Crippen LogP contribution in [0.15, 0.2) is 18.2 Å². The second-order valence-corrected chi connectivity index (χ2v) is 4.69. The van der Waals surface area contributed by atoms with Crippen LogP contribution in [0.4, 0.5) is 4.39 Å². The molecule has 4 heteroatoms. The highest BCUT2D eigenvalue weighted by atomic mass is 19.1. The molecule has 102 valence electrons. The summed E-state index contributed by atoms with van der Waals surface area (Å²) < 4.78 is 24.6. The third kappa shape index (κ3) is 3.21. The summed E-state index contributed by atoms with van der Waals surface area (Å²) >= 11 is 0. The molecule has 0 spiro atoms. The molecular weight excluding hydrogens is 233 g/mol. The van der Waals surface area contributed by atoms with Gasteiger partial charge in [-0.05, 0) is 26.5 Å². The van der Waals surface area contributed by atoms with Crippen LogP contribution in [0.1, 0.15) is 32.4 Å². The van der Waals surface area contributed by atoms with Gasteiger partial charge < -0.3 is 14.8 Å². The number of rotatable bonds is 6. The minimum absolute atomic E-state index is 0.210. The third-order valence-corrected chi connectivity index (χ3v) is 3.15. The Labute approximate surface area is 108 Å². The molecule has 3 nitrogen and oxygen atoms in total. The molecule has 0 saturated carbocycles. The summed E-state index contributed by atoms with van der Waals surface area (Å²) in [4.78, 5) is 0. The van der Waals surface area contributed by atoms with E-state index < -0.39 is 5.60 Å². The zero-order valence-electron chi connectivity index (χ0n) is 11.7. The average Bonchev–Trinajstić information content (AvgIpc) is 2.36. The Morgan fingerprint density at radius 2 is 2.00 bits per heavy atom. The van der Waals surface area contributed by atoms with Crippen LogP contribution in [0.5, 0.6) is 5.75 Å². The van der Waals surface area contributed by atoms with Gasteiger partial charge in [-0.25, -0.2) is 4.39 Å². The minimum atomic E-state index is -0.495. The predicted molar refractivity (Wildman–Crippen MR) is 70.5 cm³/mol. The van der Waals surface area contributed by atoms with Crippen molar-refractivity contribution >= 4 is 0 Å². The monoisotopic (exact) mass is 255 g/mol. The van der Waals surface area contributed by atoms with Gasteiger partial charge >= 0.3 is 0 Å². The first-order chi connectivity index (χ1) is 8.46. The Bertz CT molecular complexity index is 393. The van der Waals surface area contributed by atoms with Gasteiger partial charge in [0.05, 0.1) is 18.8 Å². The predicted octanol–water partition coefficient (Wildman–Crippen LogP) is 2.91. The molecule has 0 saturated heterocycles. The number of methoxy groups -OCH3 is 2. The van der Waals surface area contributed by atoms with Gasteiger partial charge in [-0.1, -0.05) is 13.0 Å². The van der Waals surface area contributed by atoms with E-state index in [9.17, 15) is 4.39 Å². The van der Waals surface area contributed by atoms with Gasteiger partial charge in [-0.15, -0.1) is 0 Å². The van der Waals surface area contributed by atoms with Gasteiger partial charge in [-0.3, -0.25) is 0 Å². The molecule has 0 radical (unpaired) electrons. The topological polar surface area (TPSA) is 30.5 Å². The Morgan fingerprint density at radius 3 is 2.44 bits per heavy atom. The molecule has 0 aliphatic rings. The van der Waals surface area contributed by atoms with Crippen molar-refractivity contribution in [1.82, 2.24) is 5.32 Å². The van der Waals surface area contributed by atoms with Crippen molar-refractivity contribution in [1.29, 1.82) is 0 Å². The fraction of sp³-hybridized carbons (Fsp3) is 0.571. The standard InChI is InChI=1S/C14H22FNO2/c1-6-16-13(14(2,3)18-5)11-8-7-10(17-4)9-12(11)15/h7-9,13,16H,6H2,1-5H3. The summed E-state index contributed by atoms with van der Waals surface area (Å²) in [6.07, 6.45) is 0. The number of nitrogens with one attached hydrogen (secondary N) is 1. The molecule has 1 N–H and O–H groups in total. The van der Waals surface area contributed by atoms with E-state index in [-0.39, 0.29) is 11.9 Å². The molecule has 1 aromatic rings. The Balaban J connectivity index is 3.13. The van der Waals surface area contributed by atoms with Crippen LogP contribution < -0.4 is 10.1 Å². The van der Waals surface area contributed by atoms with Gasteiger partial charge in [0.2, 0.25) is 0 Å². The normalized spacial score (nSPS) is 13.4. The average molecular weight is 255 g/mol. The largest absolute Gasteiger partial charge is 0.497 e. The van der Waals surface area contributed by atoms with Crippen molar-refractivity contribution in [2.75, 3.05) is 20.8 Å². The fourth-order valence-corrected chi connectivity index (χ4v) is 1.92. The Morgan fingerprint density at radius 1 is 1.33 bits per heavy atom. The SMILES string of the molecule is CCNC(c1ccc(OC)cc1F)C(C)(C)OC. The number of hydrogen-bond acceptors (Lipinski definition) is 3. The van der Waals surface area contributed by atoms with Crippen molar-refractivity contribution in [3.63, 3.8) is 0 Å². The summed E-state index contributed by atoms with van der Waals surface area (Å²) in [6, 6.07) is 4.68. The molecule has 1 unspecified atom stereocenters. The highest BCUT2D eigenvalue weighted by Gasteiger charge is 2.32. The van der Waals surface area contributed by atoms with Crippen LogP contribution in [0, 0.1) is 5.82 Å². The molecule has 0 aliphatic heterocycles. The molecule has 0 heterocycles. The van der Waals surface area contributed by atoms with E-state index >= 15 is 0 Å². The molecule has 1 rings (SSSR count). The van der Waals surface area contributed by atoms with Crippen molar-refractivity contribution in [3.8, 4) is 5.75 Å². The van der Waals surface area contributed by atoms with Gasteiger partial charge in [0, 0.05) is 18.7 Å². The van der Waals surface area contributed by atoms with E-state index in [1.54, 1.807) is 19.2 Å². The lowest BCUT2D eigenvalue weighted by Gasteiger charge is -2.34. The number of hydrogen-bond donors (Lipinski definition) is 1. The first kappa shape index (κ1) is 14.9. The summed E-state index contributed by atoms with van der Waals surface area (Å²) in [7, 11) is 3.15. The Kier molecular flexibility index (Phi) is 5.11. The molecular formula is C14H22FNO2. The van der Waals surface area contributed by atoms with Crippen LogP contribution in [0.2, 0.25) is 0 Å². The van der Waals surface area contributed by atoms with Crippen molar-refractivity contribution < 1.29 is 13.9 Å². The van der Waals surface area contributed by atoms with Crippen molar-refractivity contribution in [3.05, 3.63) is 29.6 Å². The Hall–Kier alpha value is -1.13. The summed E-state index contributed by atoms with van der Waals surface area (Å²) in [5.74, 6) is 0.229. The zero-order chi connectivity index (χ0) is 13.8. The second-order valence-electron chi connectivity index (χ2n) is 4.69. The number of likely N-dealkylation sites (N-methyl/N-ethyl adjacent to an activating group) is 1. The molecule has 1 atom stereocenters. The minimum Gasteiger partial charge on any atom is -0.497 e. The molecule has 1 aromatic carbocycles. The summed E-state index contributed by atoms with van der Waals surface area (Å²) in [5, 5.41) is 3.26. The lowest BCUT2D eigenvalue weighted by molar-refractivity contribution is -0.0116. The van der Waals surface area contributed by atoms with Crippen molar-refractivity contribution in [2.45, 2.75) is 32.4 Å². The van der Waals surface area contributed by atoms with E-state index in [4.69, 9.17) is 9.47 Å². The van der Waals surface area contributed by atoms with Gasteiger partial charge in [0.1, 0.15) is 11.6 Å². The number of benzene rings is 1. The molecule has 0 bridgehead atoms. The molecule has 0 fully saturated rings. The lowest BCUT2D eigenvalue weighted by Crippen LogP contribution is -2.41. The van der Waals surface area contributed by atoms with Gasteiger partial charge in [-0.2, -0.15) is 0 Å². The van der Waals surface area contributed by atoms with Crippen LogP contribution in [0.25, 0.3) is 0 Å². The smallest absolute Gasteiger partial charge is 0.131 e. The van der Waals surface area contributed by atoms with Crippen LogP contribution in [0.3, 0.4) is 0 Å².